The molecule has 8 heteroatoms. The number of nitrogens with zero attached hydrogens (tertiary/aromatic N) is 4. The molecule has 2 aromatic rings. The molecule has 1 saturated heterocycles. The van der Waals surface area contributed by atoms with E-state index in [2.05, 4.69) is 10.4 Å². The number of piperidine rings is 1. The van der Waals surface area contributed by atoms with Crippen LogP contribution in [0.15, 0.2) is 29.2 Å². The van der Waals surface area contributed by atoms with Gasteiger partial charge in [-0.05, 0) is 50.9 Å². The number of amides is 1. The number of rotatable bonds is 5. The zero-order valence-corrected chi connectivity index (χ0v) is 14.7. The Labute approximate surface area is 147 Å². The van der Waals surface area contributed by atoms with Crippen LogP contribution in [-0.4, -0.2) is 51.7 Å². The summed E-state index contributed by atoms with van der Waals surface area (Å²) >= 11 is 0. The van der Waals surface area contributed by atoms with Crippen molar-refractivity contribution >= 4 is 24.0 Å². The number of carbonyl (C=O) groups is 1. The summed E-state index contributed by atoms with van der Waals surface area (Å²) in [7, 11) is 1.96. The summed E-state index contributed by atoms with van der Waals surface area (Å²) in [5.41, 5.74) is 0.300. The van der Waals surface area contributed by atoms with Gasteiger partial charge in [-0.2, -0.15) is 0 Å². The van der Waals surface area contributed by atoms with Crippen LogP contribution in [-0.2, 0) is 11.3 Å². The van der Waals surface area contributed by atoms with Gasteiger partial charge in [-0.1, -0.05) is 6.07 Å². The van der Waals surface area contributed by atoms with Gasteiger partial charge in [-0.3, -0.25) is 9.20 Å². The number of carbonyl (C=O) groups excluding carboxylic acids is 1. The molecule has 2 aromatic heterocycles. The average Bonchev–Trinajstić information content (AvgIpc) is 2.90. The summed E-state index contributed by atoms with van der Waals surface area (Å²) in [4.78, 5) is 26.5. The maximum atomic E-state index is 12.4. The second-order valence-electron chi connectivity index (χ2n) is 6.09. The highest BCUT2D eigenvalue weighted by atomic mass is 35.5. The predicted molar refractivity (Wildman–Crippen MR) is 94.5 cm³/mol. The molecular weight excluding hydrogens is 330 g/mol. The minimum absolute atomic E-state index is 0. The van der Waals surface area contributed by atoms with Gasteiger partial charge >= 0.3 is 5.69 Å². The molecular formula is C16H24ClN5O2. The fraction of sp³-hybridized carbons (Fsp3) is 0.562. The normalized spacial score (nSPS) is 15.5. The highest BCUT2D eigenvalue weighted by Gasteiger charge is 2.23. The summed E-state index contributed by atoms with van der Waals surface area (Å²) in [6.07, 6.45) is 4.89. The van der Waals surface area contributed by atoms with Gasteiger partial charge in [0.15, 0.2) is 5.65 Å². The smallest absolute Gasteiger partial charge is 0.341 e. The third kappa shape index (κ3) is 3.96. The molecule has 0 saturated carbocycles. The molecule has 3 heterocycles. The van der Waals surface area contributed by atoms with Crippen LogP contribution in [0.25, 0.3) is 5.65 Å². The summed E-state index contributed by atoms with van der Waals surface area (Å²) in [5.74, 6) is 0.659. The Morgan fingerprint density at radius 2 is 2.08 bits per heavy atom. The van der Waals surface area contributed by atoms with Gasteiger partial charge in [0, 0.05) is 19.3 Å². The summed E-state index contributed by atoms with van der Waals surface area (Å²) in [6.45, 7) is 2.58. The molecule has 7 nitrogen and oxygen atoms in total. The Morgan fingerprint density at radius 1 is 1.33 bits per heavy atom. The molecule has 1 aliphatic heterocycles. The highest BCUT2D eigenvalue weighted by molar-refractivity contribution is 5.85. The fourth-order valence-corrected chi connectivity index (χ4v) is 3.12. The maximum Gasteiger partial charge on any atom is 0.350 e. The van der Waals surface area contributed by atoms with Gasteiger partial charge in [-0.15, -0.1) is 17.5 Å². The average molecular weight is 354 g/mol. The SMILES string of the molecule is CNCCC1CCN(C(=O)Cn2nc3ccccn3c2=O)CC1.Cl. The van der Waals surface area contributed by atoms with E-state index in [1.54, 1.807) is 18.3 Å². The van der Waals surface area contributed by atoms with Crippen LogP contribution >= 0.6 is 12.4 Å². The van der Waals surface area contributed by atoms with E-state index in [0.717, 1.165) is 38.9 Å². The van der Waals surface area contributed by atoms with Crippen LogP contribution in [0.5, 0.6) is 0 Å². The number of halogens is 1. The zero-order chi connectivity index (χ0) is 16.2. The number of nitrogens with one attached hydrogen (secondary N) is 1. The van der Waals surface area contributed by atoms with Crippen molar-refractivity contribution in [3.8, 4) is 0 Å². The number of likely N-dealkylation sites (tertiary alicyclic amines) is 1. The van der Waals surface area contributed by atoms with Crippen LogP contribution in [0, 0.1) is 5.92 Å². The standard InChI is InChI=1S/C16H23N5O2.ClH/c1-17-8-5-13-6-10-19(11-7-13)15(22)12-21-16(23)20-9-3-2-4-14(20)18-21;/h2-4,9,13,17H,5-8,10-12H2,1H3;1H. The number of hydrogen-bond acceptors (Lipinski definition) is 4. The summed E-state index contributed by atoms with van der Waals surface area (Å²) < 4.78 is 2.71. The van der Waals surface area contributed by atoms with Gasteiger partial charge in [0.25, 0.3) is 0 Å². The van der Waals surface area contributed by atoms with Crippen molar-refractivity contribution in [2.75, 3.05) is 26.7 Å². The first-order chi connectivity index (χ1) is 11.2. The van der Waals surface area contributed by atoms with Gasteiger partial charge in [0.2, 0.25) is 5.91 Å². The first-order valence-corrected chi connectivity index (χ1v) is 8.15. The number of pyridine rings is 1. The third-order valence-electron chi connectivity index (χ3n) is 4.54. The van der Waals surface area contributed by atoms with Crippen molar-refractivity contribution in [2.24, 2.45) is 5.92 Å². The number of hydrogen-bond donors (Lipinski definition) is 1. The molecule has 0 bridgehead atoms. The van der Waals surface area contributed by atoms with E-state index < -0.39 is 0 Å². The lowest BCUT2D eigenvalue weighted by Crippen LogP contribution is -2.42. The molecule has 0 aliphatic carbocycles. The van der Waals surface area contributed by atoms with Crippen molar-refractivity contribution in [3.05, 3.63) is 34.9 Å². The summed E-state index contributed by atoms with van der Waals surface area (Å²) in [5, 5.41) is 7.39. The van der Waals surface area contributed by atoms with E-state index in [9.17, 15) is 9.59 Å². The van der Waals surface area contributed by atoms with Crippen molar-refractivity contribution in [1.29, 1.82) is 0 Å². The Balaban J connectivity index is 0.00000208. The Kier molecular flexibility index (Phi) is 6.39. The van der Waals surface area contributed by atoms with Crippen molar-refractivity contribution in [2.45, 2.75) is 25.8 Å². The molecule has 3 rings (SSSR count). The third-order valence-corrected chi connectivity index (χ3v) is 4.54. The number of fused-ring (bicyclic) bond motifs is 1. The molecule has 24 heavy (non-hydrogen) atoms. The van der Waals surface area contributed by atoms with Crippen LogP contribution in [0.2, 0.25) is 0 Å². The van der Waals surface area contributed by atoms with Gasteiger partial charge in [0.1, 0.15) is 6.54 Å². The number of aromatic nitrogens is 3. The molecule has 1 amide bonds. The lowest BCUT2D eigenvalue weighted by Gasteiger charge is -2.32. The largest absolute Gasteiger partial charge is 0.350 e. The van der Waals surface area contributed by atoms with Gasteiger partial charge in [-0.25, -0.2) is 9.48 Å². The lowest BCUT2D eigenvalue weighted by molar-refractivity contribution is -0.133. The lowest BCUT2D eigenvalue weighted by atomic mass is 9.93. The van der Waals surface area contributed by atoms with E-state index in [-0.39, 0.29) is 30.5 Å². The Morgan fingerprint density at radius 3 is 2.75 bits per heavy atom. The minimum atomic E-state index is -0.266. The van der Waals surface area contributed by atoms with E-state index in [1.165, 1.54) is 9.08 Å². The van der Waals surface area contributed by atoms with Crippen LogP contribution in [0.3, 0.4) is 0 Å². The topological polar surface area (TPSA) is 71.6 Å². The second kappa shape index (κ2) is 8.30. The van der Waals surface area contributed by atoms with Crippen molar-refractivity contribution in [3.63, 3.8) is 0 Å². The quantitative estimate of drug-likeness (QED) is 0.861. The molecule has 0 aromatic carbocycles. The van der Waals surface area contributed by atoms with E-state index >= 15 is 0 Å². The monoisotopic (exact) mass is 353 g/mol. The van der Waals surface area contributed by atoms with Crippen LogP contribution in [0.1, 0.15) is 19.3 Å². The van der Waals surface area contributed by atoms with Gasteiger partial charge in [0.05, 0.1) is 0 Å². The minimum Gasteiger partial charge on any atom is -0.341 e. The van der Waals surface area contributed by atoms with Crippen LogP contribution in [0.4, 0.5) is 0 Å². The van der Waals surface area contributed by atoms with E-state index in [1.807, 2.05) is 18.0 Å². The van der Waals surface area contributed by atoms with E-state index in [0.29, 0.717) is 11.6 Å². The second-order valence-corrected chi connectivity index (χ2v) is 6.09. The molecule has 0 atom stereocenters. The fourth-order valence-electron chi connectivity index (χ4n) is 3.12. The molecule has 1 fully saturated rings. The molecule has 0 radical (unpaired) electrons. The maximum absolute atomic E-state index is 12.4. The van der Waals surface area contributed by atoms with Crippen molar-refractivity contribution in [1.82, 2.24) is 24.4 Å². The molecule has 1 aliphatic rings. The first kappa shape index (κ1) is 18.5. The first-order valence-electron chi connectivity index (χ1n) is 8.15. The van der Waals surface area contributed by atoms with Gasteiger partial charge < -0.3 is 10.2 Å². The molecule has 0 unspecified atom stereocenters. The highest BCUT2D eigenvalue weighted by Crippen LogP contribution is 2.20. The van der Waals surface area contributed by atoms with E-state index in [4.69, 9.17) is 0 Å². The molecule has 0 spiro atoms. The predicted octanol–water partition coefficient (Wildman–Crippen LogP) is 0.766. The zero-order valence-electron chi connectivity index (χ0n) is 13.9. The van der Waals surface area contributed by atoms with Crippen molar-refractivity contribution < 1.29 is 4.79 Å². The van der Waals surface area contributed by atoms with Crippen LogP contribution < -0.4 is 11.0 Å². The summed E-state index contributed by atoms with van der Waals surface area (Å²) in [6, 6.07) is 5.36. The molecule has 1 N–H and O–H groups in total. The Hall–Kier alpha value is -1.86. The Bertz CT molecular complexity index is 733. The molecule has 132 valence electrons.